The van der Waals surface area contributed by atoms with Gasteiger partial charge in [0.25, 0.3) is 0 Å². The van der Waals surface area contributed by atoms with Crippen LogP contribution in [0.15, 0.2) is 59.5 Å². The van der Waals surface area contributed by atoms with Crippen molar-refractivity contribution in [2.75, 3.05) is 0 Å². The van der Waals surface area contributed by atoms with Crippen LogP contribution in [0.1, 0.15) is 15.9 Å². The molecule has 2 aromatic rings. The number of sulfone groups is 1. The van der Waals surface area contributed by atoms with Crippen molar-refractivity contribution in [2.24, 2.45) is 0 Å². The molecule has 0 spiro atoms. The zero-order valence-corrected chi connectivity index (χ0v) is 11.7. The van der Waals surface area contributed by atoms with Gasteiger partial charge in [-0.25, -0.2) is 8.42 Å². The Bertz CT molecular complexity index is 741. The average Bonchev–Trinajstić information content (AvgIpc) is 2.48. The summed E-state index contributed by atoms with van der Waals surface area (Å²) in [5, 5.41) is 0. The highest BCUT2D eigenvalue weighted by Gasteiger charge is 2.29. The molecule has 0 aliphatic carbocycles. The third-order valence-corrected chi connectivity index (χ3v) is 4.44. The fraction of sp³-hybridized carbons (Fsp3) is 0.133. The monoisotopic (exact) mass is 310 g/mol. The summed E-state index contributed by atoms with van der Waals surface area (Å²) in [5.41, 5.74) is 0.480. The SMILES string of the molecule is O=C(Cc1ccccc1S(=O)(=O)C(F)F)c1ccccc1. The first kappa shape index (κ1) is 15.3. The van der Waals surface area contributed by atoms with Gasteiger partial charge in [0.2, 0.25) is 9.84 Å². The normalized spacial score (nSPS) is 11.6. The molecule has 0 aliphatic heterocycles. The lowest BCUT2D eigenvalue weighted by molar-refractivity contribution is 0.0992. The summed E-state index contributed by atoms with van der Waals surface area (Å²) in [6.45, 7) is 0. The quantitative estimate of drug-likeness (QED) is 0.797. The number of alkyl halides is 2. The molecule has 0 saturated heterocycles. The maximum absolute atomic E-state index is 12.7. The first-order chi connectivity index (χ1) is 9.93. The second-order valence-electron chi connectivity index (χ2n) is 4.38. The summed E-state index contributed by atoms with van der Waals surface area (Å²) in [5.74, 6) is -3.84. The third kappa shape index (κ3) is 3.33. The van der Waals surface area contributed by atoms with E-state index in [0.29, 0.717) is 5.56 Å². The summed E-state index contributed by atoms with van der Waals surface area (Å²) in [7, 11) is -4.72. The lowest BCUT2D eigenvalue weighted by Crippen LogP contribution is -2.15. The summed E-state index contributed by atoms with van der Waals surface area (Å²) >= 11 is 0. The van der Waals surface area contributed by atoms with Crippen LogP contribution in [0.5, 0.6) is 0 Å². The van der Waals surface area contributed by atoms with Crippen molar-refractivity contribution in [1.29, 1.82) is 0 Å². The number of halogens is 2. The zero-order valence-electron chi connectivity index (χ0n) is 10.9. The van der Waals surface area contributed by atoms with Crippen molar-refractivity contribution in [2.45, 2.75) is 17.1 Å². The van der Waals surface area contributed by atoms with E-state index in [1.807, 2.05) is 0 Å². The topological polar surface area (TPSA) is 51.2 Å². The predicted octanol–water partition coefficient (Wildman–Crippen LogP) is 3.11. The highest BCUT2D eigenvalue weighted by atomic mass is 32.2. The molecule has 0 radical (unpaired) electrons. The summed E-state index contributed by atoms with van der Waals surface area (Å²) in [4.78, 5) is 11.6. The van der Waals surface area contributed by atoms with Crippen molar-refractivity contribution in [3.63, 3.8) is 0 Å². The van der Waals surface area contributed by atoms with E-state index in [4.69, 9.17) is 0 Å². The molecule has 0 heterocycles. The van der Waals surface area contributed by atoms with Gasteiger partial charge in [-0.1, -0.05) is 48.5 Å². The summed E-state index contributed by atoms with van der Waals surface area (Å²) in [6, 6.07) is 13.6. The molecule has 110 valence electrons. The Morgan fingerprint density at radius 2 is 1.52 bits per heavy atom. The summed E-state index contributed by atoms with van der Waals surface area (Å²) in [6.07, 6.45) is -0.244. The van der Waals surface area contributed by atoms with Crippen LogP contribution in [0.3, 0.4) is 0 Å². The van der Waals surface area contributed by atoms with E-state index in [1.165, 1.54) is 18.2 Å². The van der Waals surface area contributed by atoms with Crippen LogP contribution < -0.4 is 0 Å². The second-order valence-corrected chi connectivity index (χ2v) is 6.27. The van der Waals surface area contributed by atoms with Crippen molar-refractivity contribution in [3.05, 3.63) is 65.7 Å². The van der Waals surface area contributed by atoms with Crippen LogP contribution >= 0.6 is 0 Å². The number of hydrogen-bond acceptors (Lipinski definition) is 3. The van der Waals surface area contributed by atoms with Gasteiger partial charge in [0, 0.05) is 12.0 Å². The van der Waals surface area contributed by atoms with Gasteiger partial charge < -0.3 is 0 Å². The van der Waals surface area contributed by atoms with Crippen LogP contribution in [0.4, 0.5) is 8.78 Å². The zero-order chi connectivity index (χ0) is 15.5. The van der Waals surface area contributed by atoms with Crippen LogP contribution in [0, 0.1) is 0 Å². The van der Waals surface area contributed by atoms with Crippen molar-refractivity contribution >= 4 is 15.6 Å². The number of hydrogen-bond donors (Lipinski definition) is 0. The number of Topliss-reactive ketones (excluding diaryl/α,β-unsaturated/α-hetero) is 1. The molecule has 0 bridgehead atoms. The second kappa shape index (κ2) is 6.13. The minimum atomic E-state index is -4.72. The third-order valence-electron chi connectivity index (χ3n) is 2.96. The molecule has 6 heteroatoms. The van der Waals surface area contributed by atoms with E-state index in [1.54, 1.807) is 30.3 Å². The maximum Gasteiger partial charge on any atom is 0.341 e. The lowest BCUT2D eigenvalue weighted by atomic mass is 10.0. The van der Waals surface area contributed by atoms with E-state index in [-0.39, 0.29) is 17.8 Å². The Morgan fingerprint density at radius 3 is 2.14 bits per heavy atom. The molecular formula is C15H12F2O3S. The van der Waals surface area contributed by atoms with E-state index in [0.717, 1.165) is 6.07 Å². The molecule has 0 saturated carbocycles. The van der Waals surface area contributed by atoms with Crippen LogP contribution in [-0.4, -0.2) is 20.0 Å². The number of ketones is 1. The van der Waals surface area contributed by atoms with E-state index < -0.39 is 20.5 Å². The Kier molecular flexibility index (Phi) is 4.47. The molecule has 21 heavy (non-hydrogen) atoms. The van der Waals surface area contributed by atoms with Gasteiger partial charge in [-0.15, -0.1) is 0 Å². The largest absolute Gasteiger partial charge is 0.341 e. The van der Waals surface area contributed by atoms with Gasteiger partial charge >= 0.3 is 5.76 Å². The summed E-state index contributed by atoms with van der Waals surface area (Å²) < 4.78 is 48.6. The number of carbonyl (C=O) groups excluding carboxylic acids is 1. The van der Waals surface area contributed by atoms with Crippen LogP contribution in [-0.2, 0) is 16.3 Å². The van der Waals surface area contributed by atoms with Crippen molar-refractivity contribution in [3.8, 4) is 0 Å². The Balaban J connectivity index is 2.36. The van der Waals surface area contributed by atoms with E-state index in [2.05, 4.69) is 0 Å². The highest BCUT2D eigenvalue weighted by Crippen LogP contribution is 2.23. The average molecular weight is 310 g/mol. The molecule has 0 aromatic heterocycles. The van der Waals surface area contributed by atoms with E-state index >= 15 is 0 Å². The molecule has 3 nitrogen and oxygen atoms in total. The fourth-order valence-electron chi connectivity index (χ4n) is 1.92. The van der Waals surface area contributed by atoms with Gasteiger partial charge in [0.15, 0.2) is 5.78 Å². The smallest absolute Gasteiger partial charge is 0.294 e. The predicted molar refractivity (Wildman–Crippen MR) is 74.1 cm³/mol. The van der Waals surface area contributed by atoms with Gasteiger partial charge in [-0.05, 0) is 11.6 Å². The molecule has 0 amide bonds. The Labute approximate surface area is 121 Å². The Hall–Kier alpha value is -2.08. The maximum atomic E-state index is 12.7. The first-order valence-electron chi connectivity index (χ1n) is 6.11. The van der Waals surface area contributed by atoms with Gasteiger partial charge in [-0.3, -0.25) is 4.79 Å². The minimum Gasteiger partial charge on any atom is -0.294 e. The van der Waals surface area contributed by atoms with Crippen molar-refractivity contribution in [1.82, 2.24) is 0 Å². The van der Waals surface area contributed by atoms with Gasteiger partial charge in [-0.2, -0.15) is 8.78 Å². The number of carbonyl (C=O) groups is 1. The fourth-order valence-corrected chi connectivity index (χ4v) is 2.89. The highest BCUT2D eigenvalue weighted by molar-refractivity contribution is 7.91. The lowest BCUT2D eigenvalue weighted by Gasteiger charge is -2.09. The van der Waals surface area contributed by atoms with Crippen LogP contribution in [0.25, 0.3) is 0 Å². The van der Waals surface area contributed by atoms with Gasteiger partial charge in [0.05, 0.1) is 4.90 Å². The molecular weight excluding hydrogens is 298 g/mol. The molecule has 0 aliphatic rings. The molecule has 0 N–H and O–H groups in total. The standard InChI is InChI=1S/C15H12F2O3S/c16-15(17)21(19,20)14-9-5-4-8-12(14)10-13(18)11-6-2-1-3-7-11/h1-9,15H,10H2. The number of benzene rings is 2. The molecule has 0 unspecified atom stereocenters. The molecule has 2 aromatic carbocycles. The first-order valence-corrected chi connectivity index (χ1v) is 7.66. The Morgan fingerprint density at radius 1 is 0.952 bits per heavy atom. The number of rotatable bonds is 5. The molecule has 0 fully saturated rings. The van der Waals surface area contributed by atoms with E-state index in [9.17, 15) is 22.0 Å². The molecule has 2 rings (SSSR count). The minimum absolute atomic E-state index is 0.0756. The van der Waals surface area contributed by atoms with Crippen molar-refractivity contribution < 1.29 is 22.0 Å². The molecule has 0 atom stereocenters. The van der Waals surface area contributed by atoms with Gasteiger partial charge in [0.1, 0.15) is 0 Å². The van der Waals surface area contributed by atoms with Crippen LogP contribution in [0.2, 0.25) is 0 Å².